The monoisotopic (exact) mass is 367 g/mol. The van der Waals surface area contributed by atoms with Crippen molar-refractivity contribution < 1.29 is 19.1 Å². The van der Waals surface area contributed by atoms with E-state index >= 15 is 0 Å². The summed E-state index contributed by atoms with van der Waals surface area (Å²) < 4.78 is 10.7. The van der Waals surface area contributed by atoms with E-state index in [0.717, 1.165) is 16.5 Å². The lowest BCUT2D eigenvalue weighted by Crippen LogP contribution is -2.32. The minimum atomic E-state index is -0.780. The zero-order valence-electron chi connectivity index (χ0n) is 15.0. The zero-order valence-corrected chi connectivity index (χ0v) is 15.0. The number of hydrogen-bond acceptors (Lipinski definition) is 5. The van der Waals surface area contributed by atoms with E-state index in [0.29, 0.717) is 17.8 Å². The summed E-state index contributed by atoms with van der Waals surface area (Å²) in [5, 5.41) is 13.5. The fraction of sp³-hybridized carbons (Fsp3) is 0.238. The van der Waals surface area contributed by atoms with Gasteiger partial charge in [0.2, 0.25) is 0 Å². The molecule has 6 heteroatoms. The van der Waals surface area contributed by atoms with Gasteiger partial charge in [0.05, 0.1) is 6.10 Å². The molecule has 1 heterocycles. The third kappa shape index (κ3) is 4.74. The predicted octanol–water partition coefficient (Wildman–Crippen LogP) is 2.58. The molecule has 0 saturated carbocycles. The van der Waals surface area contributed by atoms with Gasteiger partial charge in [0.1, 0.15) is 11.3 Å². The van der Waals surface area contributed by atoms with Crippen LogP contribution in [0.3, 0.4) is 0 Å². The molecule has 1 aromatic heterocycles. The normalized spacial score (nSPS) is 11.9. The number of benzene rings is 2. The van der Waals surface area contributed by atoms with Crippen molar-refractivity contribution in [2.24, 2.45) is 0 Å². The maximum Gasteiger partial charge on any atom is 0.336 e. The number of aliphatic hydroxyl groups excluding tert-OH is 1. The van der Waals surface area contributed by atoms with E-state index in [9.17, 15) is 14.7 Å². The third-order valence-electron chi connectivity index (χ3n) is 4.23. The Kier molecular flexibility index (Phi) is 5.88. The van der Waals surface area contributed by atoms with Crippen molar-refractivity contribution in [2.45, 2.75) is 19.4 Å². The Bertz CT molecular complexity index is 981. The van der Waals surface area contributed by atoms with Gasteiger partial charge in [-0.2, -0.15) is 0 Å². The standard InChI is InChI=1S/C21H21NO5/c1-2-14-10-21(25)27-19-11-16(8-9-17(14)19)26-13-20(24)22-12-18(23)15-6-4-3-5-7-15/h3-11,18,23H,2,12-13H2,1H3,(H,22,24). The number of aliphatic hydroxyl groups is 1. The van der Waals surface area contributed by atoms with Crippen LogP contribution >= 0.6 is 0 Å². The first kappa shape index (κ1) is 18.7. The molecule has 0 saturated heterocycles. The third-order valence-corrected chi connectivity index (χ3v) is 4.23. The van der Waals surface area contributed by atoms with Gasteiger partial charge in [-0.25, -0.2) is 4.79 Å². The van der Waals surface area contributed by atoms with Crippen molar-refractivity contribution in [3.8, 4) is 5.75 Å². The largest absolute Gasteiger partial charge is 0.484 e. The molecule has 0 fully saturated rings. The Morgan fingerprint density at radius 3 is 2.70 bits per heavy atom. The Hall–Kier alpha value is -3.12. The summed E-state index contributed by atoms with van der Waals surface area (Å²) in [5.74, 6) is 0.0755. The molecule has 0 radical (unpaired) electrons. The molecule has 1 amide bonds. The Morgan fingerprint density at radius 1 is 1.19 bits per heavy atom. The molecule has 1 atom stereocenters. The van der Waals surface area contributed by atoms with E-state index in [1.54, 1.807) is 24.3 Å². The highest BCUT2D eigenvalue weighted by Crippen LogP contribution is 2.23. The molecule has 3 rings (SSSR count). The molecule has 0 bridgehead atoms. The topological polar surface area (TPSA) is 88.8 Å². The molecule has 2 N–H and O–H groups in total. The Labute approximate surface area is 156 Å². The summed E-state index contributed by atoms with van der Waals surface area (Å²) in [6.45, 7) is 1.86. The van der Waals surface area contributed by atoms with Gasteiger partial charge in [-0.15, -0.1) is 0 Å². The van der Waals surface area contributed by atoms with Gasteiger partial charge in [-0.1, -0.05) is 37.3 Å². The van der Waals surface area contributed by atoms with Crippen LogP contribution in [0.15, 0.2) is 63.8 Å². The molecular formula is C21H21NO5. The number of carbonyl (C=O) groups excluding carboxylic acids is 1. The molecule has 2 aromatic carbocycles. The second-order valence-electron chi connectivity index (χ2n) is 6.12. The fourth-order valence-electron chi connectivity index (χ4n) is 2.80. The van der Waals surface area contributed by atoms with E-state index in [1.807, 2.05) is 31.2 Å². The van der Waals surface area contributed by atoms with Gasteiger partial charge in [-0.3, -0.25) is 4.79 Å². The van der Waals surface area contributed by atoms with Crippen molar-refractivity contribution in [2.75, 3.05) is 13.2 Å². The Morgan fingerprint density at radius 2 is 1.96 bits per heavy atom. The van der Waals surface area contributed by atoms with Crippen LogP contribution in [-0.4, -0.2) is 24.2 Å². The van der Waals surface area contributed by atoms with Gasteiger partial charge in [0, 0.05) is 24.1 Å². The lowest BCUT2D eigenvalue weighted by molar-refractivity contribution is -0.123. The number of nitrogens with one attached hydrogen (secondary N) is 1. The van der Waals surface area contributed by atoms with Crippen LogP contribution in [0, 0.1) is 0 Å². The predicted molar refractivity (Wildman–Crippen MR) is 102 cm³/mol. The Balaban J connectivity index is 1.58. The van der Waals surface area contributed by atoms with Crippen LogP contribution in [0.5, 0.6) is 5.75 Å². The SMILES string of the molecule is CCc1cc(=O)oc2cc(OCC(=O)NCC(O)c3ccccc3)ccc12. The zero-order chi connectivity index (χ0) is 19.2. The lowest BCUT2D eigenvalue weighted by Gasteiger charge is -2.13. The van der Waals surface area contributed by atoms with Crippen molar-refractivity contribution in [1.82, 2.24) is 5.32 Å². The highest BCUT2D eigenvalue weighted by Gasteiger charge is 2.10. The molecule has 0 aliphatic rings. The molecule has 3 aromatic rings. The summed E-state index contributed by atoms with van der Waals surface area (Å²) in [6, 6.07) is 15.7. The van der Waals surface area contributed by atoms with Crippen LogP contribution < -0.4 is 15.7 Å². The number of aryl methyl sites for hydroxylation is 1. The quantitative estimate of drug-likeness (QED) is 0.627. The van der Waals surface area contributed by atoms with E-state index in [-0.39, 0.29) is 19.1 Å². The summed E-state index contributed by atoms with van der Waals surface area (Å²) in [5.41, 5.74) is 1.65. The van der Waals surface area contributed by atoms with E-state index in [4.69, 9.17) is 9.15 Å². The highest BCUT2D eigenvalue weighted by molar-refractivity contribution is 5.82. The number of amides is 1. The molecule has 6 nitrogen and oxygen atoms in total. The second kappa shape index (κ2) is 8.51. The molecule has 0 aliphatic heterocycles. The first-order valence-electron chi connectivity index (χ1n) is 8.76. The fourth-order valence-corrected chi connectivity index (χ4v) is 2.80. The molecular weight excluding hydrogens is 346 g/mol. The van der Waals surface area contributed by atoms with Crippen LogP contribution in [0.2, 0.25) is 0 Å². The van der Waals surface area contributed by atoms with Gasteiger partial charge >= 0.3 is 5.63 Å². The van der Waals surface area contributed by atoms with Gasteiger partial charge in [-0.05, 0) is 29.7 Å². The molecule has 0 aliphatic carbocycles. The number of rotatable bonds is 7. The maximum atomic E-state index is 11.9. The summed E-state index contributed by atoms with van der Waals surface area (Å²) in [7, 11) is 0. The van der Waals surface area contributed by atoms with Gasteiger partial charge < -0.3 is 19.6 Å². The molecule has 140 valence electrons. The summed E-state index contributed by atoms with van der Waals surface area (Å²) >= 11 is 0. The second-order valence-corrected chi connectivity index (χ2v) is 6.12. The molecule has 27 heavy (non-hydrogen) atoms. The first-order valence-corrected chi connectivity index (χ1v) is 8.76. The number of fused-ring (bicyclic) bond motifs is 1. The summed E-state index contributed by atoms with van der Waals surface area (Å²) in [4.78, 5) is 23.6. The van der Waals surface area contributed by atoms with Crippen LogP contribution in [0.4, 0.5) is 0 Å². The average molecular weight is 367 g/mol. The van der Waals surface area contributed by atoms with Crippen molar-refractivity contribution >= 4 is 16.9 Å². The number of ether oxygens (including phenoxy) is 1. The van der Waals surface area contributed by atoms with E-state index in [1.165, 1.54) is 6.07 Å². The average Bonchev–Trinajstić information content (AvgIpc) is 2.70. The van der Waals surface area contributed by atoms with Crippen molar-refractivity contribution in [3.05, 3.63) is 76.1 Å². The van der Waals surface area contributed by atoms with Gasteiger partial charge in [0.25, 0.3) is 5.91 Å². The number of carbonyl (C=O) groups is 1. The molecule has 1 unspecified atom stereocenters. The smallest absolute Gasteiger partial charge is 0.336 e. The minimum Gasteiger partial charge on any atom is -0.484 e. The van der Waals surface area contributed by atoms with Crippen LogP contribution in [0.25, 0.3) is 11.0 Å². The van der Waals surface area contributed by atoms with Gasteiger partial charge in [0.15, 0.2) is 6.61 Å². The van der Waals surface area contributed by atoms with Crippen molar-refractivity contribution in [1.29, 1.82) is 0 Å². The van der Waals surface area contributed by atoms with Crippen molar-refractivity contribution in [3.63, 3.8) is 0 Å². The minimum absolute atomic E-state index is 0.0959. The summed E-state index contributed by atoms with van der Waals surface area (Å²) in [6.07, 6.45) is -0.0633. The van der Waals surface area contributed by atoms with E-state index < -0.39 is 11.7 Å². The first-order chi connectivity index (χ1) is 13.1. The molecule has 0 spiro atoms. The maximum absolute atomic E-state index is 11.9. The van der Waals surface area contributed by atoms with Crippen LogP contribution in [0.1, 0.15) is 24.2 Å². The highest BCUT2D eigenvalue weighted by atomic mass is 16.5. The van der Waals surface area contributed by atoms with Crippen LogP contribution in [-0.2, 0) is 11.2 Å². The number of hydrogen-bond donors (Lipinski definition) is 2. The lowest BCUT2D eigenvalue weighted by atomic mass is 10.1. The van der Waals surface area contributed by atoms with E-state index in [2.05, 4.69) is 5.32 Å².